The van der Waals surface area contributed by atoms with E-state index in [0.29, 0.717) is 6.04 Å². The van der Waals surface area contributed by atoms with E-state index < -0.39 is 0 Å². The molecule has 1 aromatic carbocycles. The van der Waals surface area contributed by atoms with Gasteiger partial charge in [0.25, 0.3) is 0 Å². The normalized spacial score (nSPS) is 12.7. The third-order valence-electron chi connectivity index (χ3n) is 3.49. The maximum atomic E-state index is 5.43. The summed E-state index contributed by atoms with van der Waals surface area (Å²) in [6, 6.07) is 8.60. The van der Waals surface area contributed by atoms with Gasteiger partial charge in [0.1, 0.15) is 5.75 Å². The Labute approximate surface area is 111 Å². The summed E-state index contributed by atoms with van der Waals surface area (Å²) in [5.74, 6) is 0.969. The van der Waals surface area contributed by atoms with Crippen molar-refractivity contribution < 1.29 is 4.74 Å². The molecule has 0 saturated heterocycles. The predicted octanol–water partition coefficient (Wildman–Crippen LogP) is 2.69. The molecule has 0 aromatic heterocycles. The summed E-state index contributed by atoms with van der Waals surface area (Å²) in [5, 5.41) is 3.39. The molecule has 3 heteroatoms. The van der Waals surface area contributed by atoms with Gasteiger partial charge in [-0.3, -0.25) is 0 Å². The molecule has 1 unspecified atom stereocenters. The molecule has 0 radical (unpaired) electrons. The van der Waals surface area contributed by atoms with Gasteiger partial charge in [-0.2, -0.15) is 0 Å². The van der Waals surface area contributed by atoms with E-state index in [4.69, 9.17) is 4.74 Å². The lowest BCUT2D eigenvalue weighted by atomic mass is 10.0. The summed E-state index contributed by atoms with van der Waals surface area (Å²) in [4.78, 5) is 2.44. The van der Waals surface area contributed by atoms with Crippen molar-refractivity contribution >= 4 is 0 Å². The van der Waals surface area contributed by atoms with E-state index in [1.54, 1.807) is 7.11 Å². The molecule has 0 saturated carbocycles. The molecule has 3 nitrogen and oxygen atoms in total. The SMILES string of the molecule is CCN(CC)CCC(NC)c1ccccc1OC. The van der Waals surface area contributed by atoms with Gasteiger partial charge < -0.3 is 15.0 Å². The monoisotopic (exact) mass is 250 g/mol. The first kappa shape index (κ1) is 15.0. The van der Waals surface area contributed by atoms with Crippen molar-refractivity contribution in [2.24, 2.45) is 0 Å². The van der Waals surface area contributed by atoms with Crippen molar-refractivity contribution in [3.63, 3.8) is 0 Å². The van der Waals surface area contributed by atoms with Gasteiger partial charge in [0.2, 0.25) is 0 Å². The van der Waals surface area contributed by atoms with Crippen LogP contribution in [0.5, 0.6) is 5.75 Å². The minimum absolute atomic E-state index is 0.349. The maximum Gasteiger partial charge on any atom is 0.123 e. The van der Waals surface area contributed by atoms with Crippen molar-refractivity contribution in [1.82, 2.24) is 10.2 Å². The molecule has 18 heavy (non-hydrogen) atoms. The standard InChI is InChI=1S/C15H26N2O/c1-5-17(6-2)12-11-14(16-3)13-9-7-8-10-15(13)18-4/h7-10,14,16H,5-6,11-12H2,1-4H3. The van der Waals surface area contributed by atoms with Crippen LogP contribution in [0.2, 0.25) is 0 Å². The van der Waals surface area contributed by atoms with Gasteiger partial charge in [0, 0.05) is 11.6 Å². The van der Waals surface area contributed by atoms with Crippen LogP contribution in [0.1, 0.15) is 31.9 Å². The Bertz CT molecular complexity index is 337. The topological polar surface area (TPSA) is 24.5 Å². The van der Waals surface area contributed by atoms with Crippen molar-refractivity contribution in [2.45, 2.75) is 26.3 Å². The molecule has 1 rings (SSSR count). The predicted molar refractivity (Wildman–Crippen MR) is 77.2 cm³/mol. The Morgan fingerprint density at radius 3 is 2.44 bits per heavy atom. The Kier molecular flexibility index (Phi) is 6.76. The molecule has 1 aromatic rings. The molecular weight excluding hydrogens is 224 g/mol. The Hall–Kier alpha value is -1.06. The first-order valence-corrected chi connectivity index (χ1v) is 6.79. The van der Waals surface area contributed by atoms with Crippen molar-refractivity contribution in [1.29, 1.82) is 0 Å². The fourth-order valence-corrected chi connectivity index (χ4v) is 2.26. The van der Waals surface area contributed by atoms with Gasteiger partial charge in [-0.1, -0.05) is 32.0 Å². The van der Waals surface area contributed by atoms with Gasteiger partial charge in [0.15, 0.2) is 0 Å². The molecule has 0 heterocycles. The number of para-hydroxylation sites is 1. The first-order valence-electron chi connectivity index (χ1n) is 6.79. The minimum atomic E-state index is 0.349. The number of rotatable bonds is 8. The Morgan fingerprint density at radius 1 is 1.22 bits per heavy atom. The number of benzene rings is 1. The van der Waals surface area contributed by atoms with Crippen LogP contribution in [-0.2, 0) is 0 Å². The number of nitrogens with one attached hydrogen (secondary N) is 1. The van der Waals surface area contributed by atoms with Gasteiger partial charge in [-0.15, -0.1) is 0 Å². The van der Waals surface area contributed by atoms with Crippen LogP contribution in [0, 0.1) is 0 Å². The summed E-state index contributed by atoms with van der Waals surface area (Å²) >= 11 is 0. The molecule has 0 spiro atoms. The van der Waals surface area contributed by atoms with Crippen LogP contribution < -0.4 is 10.1 Å². The van der Waals surface area contributed by atoms with Crippen LogP contribution >= 0.6 is 0 Å². The van der Waals surface area contributed by atoms with E-state index in [9.17, 15) is 0 Å². The lowest BCUT2D eigenvalue weighted by Crippen LogP contribution is -2.28. The second kappa shape index (κ2) is 8.11. The van der Waals surface area contributed by atoms with E-state index >= 15 is 0 Å². The smallest absolute Gasteiger partial charge is 0.123 e. The first-order chi connectivity index (χ1) is 8.76. The average molecular weight is 250 g/mol. The zero-order valence-corrected chi connectivity index (χ0v) is 12.1. The highest BCUT2D eigenvalue weighted by atomic mass is 16.5. The Balaban J connectivity index is 2.70. The van der Waals surface area contributed by atoms with Gasteiger partial charge >= 0.3 is 0 Å². The molecule has 0 amide bonds. The summed E-state index contributed by atoms with van der Waals surface area (Å²) < 4.78 is 5.43. The van der Waals surface area contributed by atoms with E-state index in [0.717, 1.165) is 31.8 Å². The third kappa shape index (κ3) is 4.00. The van der Waals surface area contributed by atoms with E-state index in [1.807, 2.05) is 19.2 Å². The fourth-order valence-electron chi connectivity index (χ4n) is 2.26. The highest BCUT2D eigenvalue weighted by molar-refractivity contribution is 5.35. The number of hydrogen-bond acceptors (Lipinski definition) is 3. The average Bonchev–Trinajstić information content (AvgIpc) is 2.44. The molecule has 0 bridgehead atoms. The van der Waals surface area contributed by atoms with Gasteiger partial charge in [-0.05, 0) is 39.2 Å². The molecular formula is C15H26N2O. The third-order valence-corrected chi connectivity index (χ3v) is 3.49. The van der Waals surface area contributed by atoms with Crippen molar-refractivity contribution in [3.05, 3.63) is 29.8 Å². The number of ether oxygens (including phenoxy) is 1. The molecule has 0 aliphatic rings. The van der Waals surface area contributed by atoms with Crippen molar-refractivity contribution in [3.8, 4) is 5.75 Å². The van der Waals surface area contributed by atoms with Crippen LogP contribution in [0.3, 0.4) is 0 Å². The number of methoxy groups -OCH3 is 1. The van der Waals surface area contributed by atoms with Crippen LogP contribution in [0.15, 0.2) is 24.3 Å². The lowest BCUT2D eigenvalue weighted by Gasteiger charge is -2.23. The second-order valence-corrected chi connectivity index (χ2v) is 4.40. The zero-order chi connectivity index (χ0) is 13.4. The number of hydrogen-bond donors (Lipinski definition) is 1. The van der Waals surface area contributed by atoms with Crippen LogP contribution in [0.4, 0.5) is 0 Å². The molecule has 1 N–H and O–H groups in total. The highest BCUT2D eigenvalue weighted by Crippen LogP contribution is 2.26. The Morgan fingerprint density at radius 2 is 1.89 bits per heavy atom. The summed E-state index contributed by atoms with van der Waals surface area (Å²) in [6.07, 6.45) is 1.10. The quantitative estimate of drug-likeness (QED) is 0.767. The van der Waals surface area contributed by atoms with Crippen molar-refractivity contribution in [2.75, 3.05) is 33.8 Å². The zero-order valence-electron chi connectivity index (χ0n) is 12.1. The minimum Gasteiger partial charge on any atom is -0.496 e. The van der Waals surface area contributed by atoms with E-state index in [1.165, 1.54) is 5.56 Å². The lowest BCUT2D eigenvalue weighted by molar-refractivity contribution is 0.282. The number of nitrogens with zero attached hydrogens (tertiary/aromatic N) is 1. The molecule has 102 valence electrons. The molecule has 0 fully saturated rings. The van der Waals surface area contributed by atoms with Gasteiger partial charge in [0.05, 0.1) is 7.11 Å². The molecule has 0 aliphatic heterocycles. The summed E-state index contributed by atoms with van der Waals surface area (Å²) in [6.45, 7) is 7.75. The highest BCUT2D eigenvalue weighted by Gasteiger charge is 2.14. The maximum absolute atomic E-state index is 5.43. The molecule has 0 aliphatic carbocycles. The fraction of sp³-hybridized carbons (Fsp3) is 0.600. The van der Waals surface area contributed by atoms with Crippen LogP contribution in [0.25, 0.3) is 0 Å². The summed E-state index contributed by atoms with van der Waals surface area (Å²) in [7, 11) is 3.75. The van der Waals surface area contributed by atoms with Gasteiger partial charge in [-0.25, -0.2) is 0 Å². The largest absolute Gasteiger partial charge is 0.496 e. The summed E-state index contributed by atoms with van der Waals surface area (Å²) in [5.41, 5.74) is 1.25. The second-order valence-electron chi connectivity index (χ2n) is 4.40. The van der Waals surface area contributed by atoms with Crippen LogP contribution in [-0.4, -0.2) is 38.7 Å². The van der Waals surface area contributed by atoms with E-state index in [2.05, 4.69) is 36.2 Å². The molecule has 1 atom stereocenters. The van der Waals surface area contributed by atoms with E-state index in [-0.39, 0.29) is 0 Å².